The fourth-order valence-corrected chi connectivity index (χ4v) is 7.37. The summed E-state index contributed by atoms with van der Waals surface area (Å²) in [5.41, 5.74) is 2.97. The number of carbonyl (C=O) groups is 3. The normalized spacial score (nSPS) is 13.0. The second-order valence-electron chi connectivity index (χ2n) is 10.6. The monoisotopic (exact) mass is 663 g/mol. The van der Waals surface area contributed by atoms with E-state index >= 15 is 0 Å². The molecule has 1 atom stereocenters. The van der Waals surface area contributed by atoms with Crippen molar-refractivity contribution in [3.8, 4) is 17.2 Å². The van der Waals surface area contributed by atoms with Gasteiger partial charge in [0.2, 0.25) is 11.8 Å². The van der Waals surface area contributed by atoms with E-state index < -0.39 is 11.2 Å². The van der Waals surface area contributed by atoms with Gasteiger partial charge < -0.3 is 24.8 Å². The van der Waals surface area contributed by atoms with Crippen molar-refractivity contribution >= 4 is 45.9 Å². The molecule has 5 rings (SSSR count). The molecule has 0 bridgehead atoms. The maximum absolute atomic E-state index is 13.5. The average molecular weight is 664 g/mol. The van der Waals surface area contributed by atoms with Crippen LogP contribution in [-0.4, -0.2) is 58.6 Å². The van der Waals surface area contributed by atoms with Gasteiger partial charge in [0.25, 0.3) is 0 Å². The SMILES string of the molecule is CCOC(=O)c1c(NC(=O)[C@@H](C)Sc2nnc(CNC(=O)Cc3ccc(OC)cc3)n2-c2ccccc2OC)sc2c1CCCC2. The lowest BCUT2D eigenvalue weighted by molar-refractivity contribution is -0.120. The highest BCUT2D eigenvalue weighted by Crippen LogP contribution is 2.39. The number of benzene rings is 2. The van der Waals surface area contributed by atoms with Gasteiger partial charge in [-0.1, -0.05) is 36.0 Å². The summed E-state index contributed by atoms with van der Waals surface area (Å²) in [6.45, 7) is 3.90. The van der Waals surface area contributed by atoms with Crippen molar-refractivity contribution in [3.63, 3.8) is 0 Å². The standard InChI is InChI=1S/C33H37N5O6S2/c1-5-44-32(41)29-23-10-6-9-13-26(23)46-31(29)35-30(40)20(2)45-33-37-36-27(38(33)24-11-7-8-12-25(24)43-4)19-34-28(39)18-21-14-16-22(42-3)17-15-21/h7-8,11-12,14-17,20H,5-6,9-10,13,18-19H2,1-4H3,(H,34,39)(H,35,40)/t20-/m1/s1. The summed E-state index contributed by atoms with van der Waals surface area (Å²) < 4.78 is 18.0. The molecule has 1 aliphatic carbocycles. The number of hydrogen-bond acceptors (Lipinski definition) is 10. The number of esters is 1. The highest BCUT2D eigenvalue weighted by atomic mass is 32.2. The van der Waals surface area contributed by atoms with Gasteiger partial charge in [-0.05, 0) is 74.9 Å². The van der Waals surface area contributed by atoms with Crippen LogP contribution in [0.4, 0.5) is 5.00 Å². The van der Waals surface area contributed by atoms with Crippen LogP contribution in [0.15, 0.2) is 53.7 Å². The zero-order chi connectivity index (χ0) is 32.6. The van der Waals surface area contributed by atoms with Crippen molar-refractivity contribution in [2.45, 2.75) is 62.9 Å². The van der Waals surface area contributed by atoms with E-state index in [1.54, 1.807) is 32.6 Å². The van der Waals surface area contributed by atoms with Gasteiger partial charge in [0.05, 0.1) is 50.3 Å². The number of aromatic nitrogens is 3. The molecule has 0 aliphatic heterocycles. The van der Waals surface area contributed by atoms with Crippen LogP contribution in [0.2, 0.25) is 0 Å². The number of amides is 2. The molecule has 13 heteroatoms. The number of nitrogens with one attached hydrogen (secondary N) is 2. The first-order valence-corrected chi connectivity index (χ1v) is 16.8. The smallest absolute Gasteiger partial charge is 0.341 e. The fourth-order valence-electron chi connectivity index (χ4n) is 5.21. The van der Waals surface area contributed by atoms with Crippen LogP contribution in [0.3, 0.4) is 0 Å². The molecule has 1 aliphatic rings. The molecular weight excluding hydrogens is 627 g/mol. The number of carbonyl (C=O) groups excluding carboxylic acids is 3. The predicted octanol–water partition coefficient (Wildman–Crippen LogP) is 5.38. The Morgan fingerprint density at radius 1 is 1.02 bits per heavy atom. The van der Waals surface area contributed by atoms with Gasteiger partial charge in [-0.15, -0.1) is 21.5 Å². The second kappa shape index (κ2) is 15.3. The average Bonchev–Trinajstić information content (AvgIpc) is 3.64. The Bertz CT molecular complexity index is 1700. The van der Waals surface area contributed by atoms with Gasteiger partial charge in [0, 0.05) is 4.88 Å². The van der Waals surface area contributed by atoms with Crippen LogP contribution in [0, 0.1) is 0 Å². The molecule has 2 aromatic carbocycles. The number of nitrogens with zero attached hydrogens (tertiary/aromatic N) is 3. The number of ether oxygens (including phenoxy) is 3. The third-order valence-corrected chi connectivity index (χ3v) is 9.78. The highest BCUT2D eigenvalue weighted by Gasteiger charge is 2.29. The maximum atomic E-state index is 13.5. The quantitative estimate of drug-likeness (QED) is 0.143. The summed E-state index contributed by atoms with van der Waals surface area (Å²) in [7, 11) is 3.17. The van der Waals surface area contributed by atoms with Crippen molar-refractivity contribution < 1.29 is 28.6 Å². The summed E-state index contributed by atoms with van der Waals surface area (Å²) >= 11 is 2.67. The van der Waals surface area contributed by atoms with Crippen molar-refractivity contribution in [2.24, 2.45) is 0 Å². The number of para-hydroxylation sites is 2. The Kier molecular flexibility index (Phi) is 11.0. The van der Waals surface area contributed by atoms with Crippen molar-refractivity contribution in [2.75, 3.05) is 26.1 Å². The molecule has 4 aromatic rings. The van der Waals surface area contributed by atoms with E-state index in [1.807, 2.05) is 48.5 Å². The van der Waals surface area contributed by atoms with Crippen LogP contribution in [0.5, 0.6) is 11.5 Å². The Hall–Kier alpha value is -4.36. The number of aryl methyl sites for hydroxylation is 1. The van der Waals surface area contributed by atoms with Gasteiger partial charge >= 0.3 is 5.97 Å². The molecule has 11 nitrogen and oxygen atoms in total. The first kappa shape index (κ1) is 33.0. The van der Waals surface area contributed by atoms with Gasteiger partial charge in [-0.2, -0.15) is 0 Å². The minimum absolute atomic E-state index is 0.102. The molecule has 0 spiro atoms. The van der Waals surface area contributed by atoms with E-state index in [4.69, 9.17) is 14.2 Å². The Morgan fingerprint density at radius 3 is 2.52 bits per heavy atom. The highest BCUT2D eigenvalue weighted by molar-refractivity contribution is 8.00. The number of thiophene rings is 1. The molecule has 2 aromatic heterocycles. The predicted molar refractivity (Wildman–Crippen MR) is 177 cm³/mol. The van der Waals surface area contributed by atoms with Crippen LogP contribution >= 0.6 is 23.1 Å². The largest absolute Gasteiger partial charge is 0.497 e. The summed E-state index contributed by atoms with van der Waals surface area (Å²) in [5.74, 6) is 0.896. The molecule has 242 valence electrons. The third kappa shape index (κ3) is 7.53. The van der Waals surface area contributed by atoms with Crippen LogP contribution in [-0.2, 0) is 40.1 Å². The van der Waals surface area contributed by atoms with E-state index in [-0.39, 0.29) is 31.4 Å². The molecule has 0 unspecified atom stereocenters. The molecule has 46 heavy (non-hydrogen) atoms. The molecule has 2 N–H and O–H groups in total. The first-order chi connectivity index (χ1) is 22.3. The molecular formula is C33H37N5O6S2. The number of methoxy groups -OCH3 is 2. The van der Waals surface area contributed by atoms with Gasteiger partial charge in [-0.25, -0.2) is 4.79 Å². The van der Waals surface area contributed by atoms with E-state index in [1.165, 1.54) is 23.1 Å². The van der Waals surface area contributed by atoms with E-state index in [2.05, 4.69) is 20.8 Å². The number of thioether (sulfide) groups is 1. The number of hydrogen-bond donors (Lipinski definition) is 2. The summed E-state index contributed by atoms with van der Waals surface area (Å²) in [4.78, 5) is 40.4. The minimum atomic E-state index is -0.607. The summed E-state index contributed by atoms with van der Waals surface area (Å²) in [6, 6.07) is 14.7. The van der Waals surface area contributed by atoms with Gasteiger partial charge in [0.15, 0.2) is 11.0 Å². The van der Waals surface area contributed by atoms with Crippen molar-refractivity contribution in [3.05, 3.63) is 75.9 Å². The van der Waals surface area contributed by atoms with E-state index in [0.717, 1.165) is 47.4 Å². The molecule has 0 saturated heterocycles. The van der Waals surface area contributed by atoms with Crippen LogP contribution in [0.25, 0.3) is 5.69 Å². The van der Waals surface area contributed by atoms with Gasteiger partial charge in [0.1, 0.15) is 16.5 Å². The summed E-state index contributed by atoms with van der Waals surface area (Å²) in [5, 5.41) is 15.1. The molecule has 2 amide bonds. The summed E-state index contributed by atoms with van der Waals surface area (Å²) in [6.07, 6.45) is 3.91. The van der Waals surface area contributed by atoms with Crippen molar-refractivity contribution in [1.82, 2.24) is 20.1 Å². The van der Waals surface area contributed by atoms with Crippen molar-refractivity contribution in [1.29, 1.82) is 0 Å². The van der Waals surface area contributed by atoms with Crippen LogP contribution < -0.4 is 20.1 Å². The maximum Gasteiger partial charge on any atom is 0.341 e. The molecule has 0 fully saturated rings. The van der Waals surface area contributed by atoms with E-state index in [9.17, 15) is 14.4 Å². The zero-order valence-corrected chi connectivity index (χ0v) is 27.9. The number of anilines is 1. The number of fused-ring (bicyclic) bond motifs is 1. The molecule has 0 radical (unpaired) electrons. The lowest BCUT2D eigenvalue weighted by Gasteiger charge is -2.16. The topological polar surface area (TPSA) is 134 Å². The Morgan fingerprint density at radius 2 is 1.78 bits per heavy atom. The molecule has 0 saturated carbocycles. The second-order valence-corrected chi connectivity index (χ2v) is 13.0. The van der Waals surface area contributed by atoms with Crippen LogP contribution in [0.1, 0.15) is 58.9 Å². The lowest BCUT2D eigenvalue weighted by Crippen LogP contribution is -2.26. The Labute approximate surface area is 276 Å². The number of rotatable bonds is 13. The van der Waals surface area contributed by atoms with Gasteiger partial charge in [-0.3, -0.25) is 14.2 Å². The Balaban J connectivity index is 1.35. The zero-order valence-electron chi connectivity index (χ0n) is 26.3. The first-order valence-electron chi connectivity index (χ1n) is 15.1. The minimum Gasteiger partial charge on any atom is -0.497 e. The van der Waals surface area contributed by atoms with E-state index in [0.29, 0.717) is 33.0 Å². The lowest BCUT2D eigenvalue weighted by atomic mass is 9.95. The molecule has 2 heterocycles. The fraction of sp³-hybridized carbons (Fsp3) is 0.364. The third-order valence-electron chi connectivity index (χ3n) is 7.53.